The molecular weight excluding hydrogens is 437 g/mol. The van der Waals surface area contributed by atoms with Crippen molar-refractivity contribution >= 4 is 28.1 Å². The Morgan fingerprint density at radius 1 is 0.929 bits per heavy atom. The Morgan fingerprint density at radius 3 is 1.96 bits per heavy atom. The number of nitrogens with one attached hydrogen (secondary N) is 1. The minimum Gasteiger partial charge on any atom is -0.287 e. The molecule has 170 valence electrons. The summed E-state index contributed by atoms with van der Waals surface area (Å²) in [6, 6.07) is 0. The molecule has 0 aliphatic carbocycles. The molecule has 0 saturated carbocycles. The summed E-state index contributed by atoms with van der Waals surface area (Å²) < 4.78 is 83.3. The maximum absolute atomic E-state index is 12.2. The van der Waals surface area contributed by atoms with E-state index in [4.69, 9.17) is 17.8 Å². The predicted molar refractivity (Wildman–Crippen MR) is 103 cm³/mol. The van der Waals surface area contributed by atoms with Crippen LogP contribution in [0.2, 0.25) is 0 Å². The fourth-order valence-electron chi connectivity index (χ4n) is 1.82. The van der Waals surface area contributed by atoms with E-state index in [9.17, 15) is 21.4 Å². The summed E-state index contributed by atoms with van der Waals surface area (Å²) in [4.78, 5) is 0. The Kier molecular flexibility index (Phi) is 12.5. The monoisotopic (exact) mass is 469 g/mol. The minimum atomic E-state index is -3.91. The van der Waals surface area contributed by atoms with E-state index >= 15 is 0 Å². The van der Waals surface area contributed by atoms with Gasteiger partial charge >= 0.3 is 7.82 Å². The molecule has 0 amide bonds. The fourth-order valence-corrected chi connectivity index (χ4v) is 5.13. The maximum atomic E-state index is 12.2. The second-order valence-corrected chi connectivity index (χ2v) is 11.6. The van der Waals surface area contributed by atoms with Crippen molar-refractivity contribution in [2.24, 2.45) is 5.41 Å². The van der Waals surface area contributed by atoms with Gasteiger partial charge in [0.25, 0.3) is 20.2 Å². The van der Waals surface area contributed by atoms with Crippen molar-refractivity contribution in [2.45, 2.75) is 40.5 Å². The first-order valence-electron chi connectivity index (χ1n) is 8.79. The summed E-state index contributed by atoms with van der Waals surface area (Å²) >= 11 is 0. The topological polar surface area (TPSA) is 144 Å². The summed E-state index contributed by atoms with van der Waals surface area (Å²) in [5.74, 6) is -0.923. The van der Waals surface area contributed by atoms with Gasteiger partial charge in [0.05, 0.1) is 37.9 Å². The molecule has 0 heterocycles. The molecule has 0 spiro atoms. The highest BCUT2D eigenvalue weighted by atomic mass is 32.2. The largest absolute Gasteiger partial charge is 0.474 e. The van der Waals surface area contributed by atoms with Gasteiger partial charge < -0.3 is 0 Å². The van der Waals surface area contributed by atoms with E-state index in [1.807, 2.05) is 5.48 Å². The molecule has 0 atom stereocenters. The van der Waals surface area contributed by atoms with Gasteiger partial charge in [0.2, 0.25) is 0 Å². The summed E-state index contributed by atoms with van der Waals surface area (Å²) in [6.07, 6.45) is 0.166. The van der Waals surface area contributed by atoms with Crippen LogP contribution in [0.4, 0.5) is 0 Å². The highest BCUT2D eigenvalue weighted by Crippen LogP contribution is 2.49. The quantitative estimate of drug-likeness (QED) is 0.189. The van der Waals surface area contributed by atoms with Crippen molar-refractivity contribution in [3.05, 3.63) is 0 Å². The van der Waals surface area contributed by atoms with Crippen molar-refractivity contribution in [1.82, 2.24) is 5.48 Å². The molecule has 28 heavy (non-hydrogen) atoms. The minimum absolute atomic E-state index is 0.0211. The molecule has 0 aliphatic heterocycles. The first-order chi connectivity index (χ1) is 12.8. The smallest absolute Gasteiger partial charge is 0.287 e. The van der Waals surface area contributed by atoms with Crippen molar-refractivity contribution in [3.63, 3.8) is 0 Å². The zero-order valence-electron chi connectivity index (χ0n) is 17.0. The third kappa shape index (κ3) is 13.2. The molecule has 0 unspecified atom stereocenters. The van der Waals surface area contributed by atoms with Crippen LogP contribution in [0, 0.1) is 5.41 Å². The van der Waals surface area contributed by atoms with Crippen LogP contribution in [-0.4, -0.2) is 61.8 Å². The molecule has 0 bridgehead atoms. The standard InChI is InChI=1S/C14H32NO10PS2/c1-6-21-26(16,22-7-2)23-10-9-14(3,4)13-24-27(17,18)11-8-12-28(19,20)25-15-5/h15H,6-13H2,1-5H3. The van der Waals surface area contributed by atoms with Crippen LogP contribution < -0.4 is 5.48 Å². The van der Waals surface area contributed by atoms with Gasteiger partial charge in [-0.3, -0.25) is 17.8 Å². The van der Waals surface area contributed by atoms with E-state index in [-0.39, 0.29) is 32.8 Å². The van der Waals surface area contributed by atoms with Crippen molar-refractivity contribution < 1.29 is 43.4 Å². The van der Waals surface area contributed by atoms with Crippen LogP contribution in [0.25, 0.3) is 0 Å². The molecule has 0 aromatic heterocycles. The Morgan fingerprint density at radius 2 is 1.46 bits per heavy atom. The van der Waals surface area contributed by atoms with Gasteiger partial charge in [-0.15, -0.1) is 0 Å². The SMILES string of the molecule is CCOP(=O)(OCC)OCCC(C)(C)COS(=O)(=O)CCCS(=O)(=O)ONC. The maximum Gasteiger partial charge on any atom is 0.474 e. The molecule has 14 heteroatoms. The number of phosphoric acid groups is 1. The van der Waals surface area contributed by atoms with E-state index in [0.717, 1.165) is 0 Å². The fraction of sp³-hybridized carbons (Fsp3) is 1.00. The third-order valence-corrected chi connectivity index (χ3v) is 7.35. The molecule has 0 rings (SSSR count). The zero-order valence-corrected chi connectivity index (χ0v) is 19.5. The summed E-state index contributed by atoms with van der Waals surface area (Å²) in [5, 5.41) is 0. The van der Waals surface area contributed by atoms with Crippen LogP contribution in [0.3, 0.4) is 0 Å². The first kappa shape index (κ1) is 27.9. The van der Waals surface area contributed by atoms with Crippen LogP contribution in [-0.2, 0) is 46.8 Å². The molecule has 0 aromatic rings. The van der Waals surface area contributed by atoms with Crippen molar-refractivity contribution in [3.8, 4) is 0 Å². The van der Waals surface area contributed by atoms with Gasteiger partial charge in [-0.05, 0) is 32.1 Å². The Bertz CT molecular complexity index is 683. The molecule has 0 aliphatic rings. The van der Waals surface area contributed by atoms with Crippen LogP contribution in [0.1, 0.15) is 40.5 Å². The summed E-state index contributed by atoms with van der Waals surface area (Å²) in [7, 11) is -10.1. The Labute approximate surface area is 168 Å². The molecule has 0 fully saturated rings. The second kappa shape index (κ2) is 12.6. The van der Waals surface area contributed by atoms with Gasteiger partial charge in [-0.25, -0.2) is 4.57 Å². The lowest BCUT2D eigenvalue weighted by Gasteiger charge is -2.25. The zero-order chi connectivity index (χ0) is 21.9. The Balaban J connectivity index is 4.44. The summed E-state index contributed by atoms with van der Waals surface area (Å²) in [6.45, 7) is 7.03. The summed E-state index contributed by atoms with van der Waals surface area (Å²) in [5.41, 5.74) is 1.41. The molecule has 11 nitrogen and oxygen atoms in total. The van der Waals surface area contributed by atoms with Crippen LogP contribution in [0.15, 0.2) is 0 Å². The molecule has 0 saturated heterocycles. The molecule has 1 N–H and O–H groups in total. The van der Waals surface area contributed by atoms with E-state index < -0.39 is 45.0 Å². The van der Waals surface area contributed by atoms with Crippen molar-refractivity contribution in [2.75, 3.05) is 45.0 Å². The van der Waals surface area contributed by atoms with E-state index in [0.29, 0.717) is 6.42 Å². The third-order valence-electron chi connectivity index (χ3n) is 3.23. The second-order valence-electron chi connectivity index (χ2n) is 6.46. The average Bonchev–Trinajstić information content (AvgIpc) is 2.53. The predicted octanol–water partition coefficient (Wildman–Crippen LogP) is 1.82. The molecule has 0 aromatic carbocycles. The highest BCUT2D eigenvalue weighted by molar-refractivity contribution is 7.87. The van der Waals surface area contributed by atoms with Gasteiger partial charge in [-0.2, -0.15) is 26.6 Å². The highest BCUT2D eigenvalue weighted by Gasteiger charge is 2.28. The van der Waals surface area contributed by atoms with Crippen LogP contribution >= 0.6 is 7.82 Å². The Hall–Kier alpha value is -0.110. The normalized spacial score (nSPS) is 13.8. The average molecular weight is 470 g/mol. The number of rotatable bonds is 17. The van der Waals surface area contributed by atoms with Crippen LogP contribution in [0.5, 0.6) is 0 Å². The van der Waals surface area contributed by atoms with E-state index in [1.165, 1.54) is 7.05 Å². The van der Waals surface area contributed by atoms with Gasteiger partial charge in [-0.1, -0.05) is 13.8 Å². The molecular formula is C14H32NO10PS2. The number of hydrogen-bond donors (Lipinski definition) is 1. The number of hydrogen-bond acceptors (Lipinski definition) is 11. The van der Waals surface area contributed by atoms with E-state index in [1.54, 1.807) is 27.7 Å². The lowest BCUT2D eigenvalue weighted by atomic mass is 9.91. The number of phosphoric ester groups is 1. The first-order valence-corrected chi connectivity index (χ1v) is 13.4. The lowest BCUT2D eigenvalue weighted by Crippen LogP contribution is -2.26. The van der Waals surface area contributed by atoms with Gasteiger partial charge in [0, 0.05) is 7.05 Å². The van der Waals surface area contributed by atoms with E-state index in [2.05, 4.69) is 4.28 Å². The number of hydroxylamine groups is 1. The van der Waals surface area contributed by atoms with Gasteiger partial charge in [0.1, 0.15) is 0 Å². The van der Waals surface area contributed by atoms with Gasteiger partial charge in [0.15, 0.2) is 0 Å². The van der Waals surface area contributed by atoms with Crippen molar-refractivity contribution in [1.29, 1.82) is 0 Å². The lowest BCUT2D eigenvalue weighted by molar-refractivity contribution is 0.0961. The molecule has 0 radical (unpaired) electrons.